The van der Waals surface area contributed by atoms with Crippen LogP contribution in [0.2, 0.25) is 0 Å². The predicted molar refractivity (Wildman–Crippen MR) is 103 cm³/mol. The van der Waals surface area contributed by atoms with Crippen molar-refractivity contribution in [2.75, 3.05) is 0 Å². The summed E-state index contributed by atoms with van der Waals surface area (Å²) in [5.74, 6) is -0.685. The molecule has 0 unspecified atom stereocenters. The van der Waals surface area contributed by atoms with E-state index in [2.05, 4.69) is 0 Å². The standard InChI is InChI=1S/C20H37NO5/c1-9-10-15-21(24)20(8,13-11-16(22)25-18(2,3)4)14-12-17(23)26-19(5,6)7/h15H,9-14H2,1-8H3/b21-15-. The van der Waals surface area contributed by atoms with E-state index in [1.165, 1.54) is 0 Å². The van der Waals surface area contributed by atoms with E-state index in [0.717, 1.165) is 11.2 Å². The van der Waals surface area contributed by atoms with Crippen molar-refractivity contribution < 1.29 is 23.8 Å². The summed E-state index contributed by atoms with van der Waals surface area (Å²) in [4.78, 5) is 24.0. The fraction of sp³-hybridized carbons (Fsp3) is 0.850. The number of hydroxylamine groups is 1. The molecule has 0 heterocycles. The van der Waals surface area contributed by atoms with Gasteiger partial charge in [-0.3, -0.25) is 9.59 Å². The molecule has 6 nitrogen and oxygen atoms in total. The largest absolute Gasteiger partial charge is 0.624 e. The van der Waals surface area contributed by atoms with Crippen molar-refractivity contribution in [1.29, 1.82) is 0 Å². The maximum atomic E-state index is 12.6. The van der Waals surface area contributed by atoms with Crippen LogP contribution in [0.1, 0.15) is 93.9 Å². The van der Waals surface area contributed by atoms with Crippen molar-refractivity contribution in [3.63, 3.8) is 0 Å². The Hall–Kier alpha value is -1.59. The molecule has 0 radical (unpaired) electrons. The average Bonchev–Trinajstić information content (AvgIpc) is 2.45. The zero-order valence-electron chi connectivity index (χ0n) is 17.8. The van der Waals surface area contributed by atoms with E-state index in [4.69, 9.17) is 9.47 Å². The smallest absolute Gasteiger partial charge is 0.306 e. The molecule has 6 heteroatoms. The molecule has 0 aromatic rings. The molecule has 0 aliphatic rings. The molecular weight excluding hydrogens is 334 g/mol. The van der Waals surface area contributed by atoms with Gasteiger partial charge in [0.25, 0.3) is 0 Å². The number of hydrogen-bond donors (Lipinski definition) is 0. The summed E-state index contributed by atoms with van der Waals surface area (Å²) >= 11 is 0. The molecule has 0 aliphatic heterocycles. The maximum absolute atomic E-state index is 12.6. The molecule has 0 aromatic heterocycles. The molecule has 0 saturated carbocycles. The van der Waals surface area contributed by atoms with Gasteiger partial charge in [0, 0.05) is 26.2 Å². The molecular formula is C20H37NO5. The molecule has 0 atom stereocenters. The van der Waals surface area contributed by atoms with E-state index in [9.17, 15) is 14.8 Å². The molecule has 0 aliphatic carbocycles. The Morgan fingerprint density at radius 3 is 1.58 bits per heavy atom. The summed E-state index contributed by atoms with van der Waals surface area (Å²) in [6.07, 6.45) is 3.97. The third kappa shape index (κ3) is 11.1. The number of carbonyl (C=O) groups is 2. The molecule has 0 spiro atoms. The summed E-state index contributed by atoms with van der Waals surface area (Å²) < 4.78 is 11.5. The molecule has 0 aromatic carbocycles. The van der Waals surface area contributed by atoms with Gasteiger partial charge in [0.1, 0.15) is 11.2 Å². The Morgan fingerprint density at radius 1 is 0.885 bits per heavy atom. The quantitative estimate of drug-likeness (QED) is 0.198. The van der Waals surface area contributed by atoms with Crippen LogP contribution in [-0.4, -0.2) is 39.6 Å². The van der Waals surface area contributed by atoms with Gasteiger partial charge in [-0.2, -0.15) is 0 Å². The lowest BCUT2D eigenvalue weighted by Gasteiger charge is -2.29. The van der Waals surface area contributed by atoms with E-state index >= 15 is 0 Å². The van der Waals surface area contributed by atoms with Crippen molar-refractivity contribution in [1.82, 2.24) is 0 Å². The first-order chi connectivity index (χ1) is 11.7. The highest BCUT2D eigenvalue weighted by atomic mass is 16.6. The third-order valence-corrected chi connectivity index (χ3v) is 3.69. The molecule has 0 amide bonds. The fourth-order valence-electron chi connectivity index (χ4n) is 2.34. The van der Waals surface area contributed by atoms with E-state index in [1.54, 1.807) is 13.1 Å². The lowest BCUT2D eigenvalue weighted by Crippen LogP contribution is -2.39. The Morgan fingerprint density at radius 2 is 1.27 bits per heavy atom. The summed E-state index contributed by atoms with van der Waals surface area (Å²) in [6, 6.07) is 0. The van der Waals surface area contributed by atoms with Gasteiger partial charge >= 0.3 is 11.9 Å². The van der Waals surface area contributed by atoms with Crippen molar-refractivity contribution in [3.05, 3.63) is 5.21 Å². The number of hydrogen-bond acceptors (Lipinski definition) is 5. The lowest BCUT2D eigenvalue weighted by atomic mass is 9.90. The van der Waals surface area contributed by atoms with Gasteiger partial charge in [-0.25, -0.2) is 4.74 Å². The SMILES string of the molecule is CCC/C=[N+](\[O-])C(C)(CCC(=O)OC(C)(C)C)CCC(=O)OC(C)(C)C. The van der Waals surface area contributed by atoms with Gasteiger partial charge in [-0.1, -0.05) is 6.92 Å². The number of ether oxygens (including phenoxy) is 2. The van der Waals surface area contributed by atoms with Gasteiger partial charge in [0.05, 0.1) is 12.8 Å². The van der Waals surface area contributed by atoms with Crippen LogP contribution in [0.15, 0.2) is 0 Å². The average molecular weight is 372 g/mol. The van der Waals surface area contributed by atoms with Crippen LogP contribution in [0, 0.1) is 5.21 Å². The monoisotopic (exact) mass is 371 g/mol. The van der Waals surface area contributed by atoms with Crippen LogP contribution in [0.5, 0.6) is 0 Å². The summed E-state index contributed by atoms with van der Waals surface area (Å²) in [5, 5.41) is 12.6. The highest BCUT2D eigenvalue weighted by Gasteiger charge is 2.35. The second-order valence-corrected chi connectivity index (χ2v) is 8.97. The topological polar surface area (TPSA) is 78.7 Å². The molecule has 152 valence electrons. The van der Waals surface area contributed by atoms with Crippen molar-refractivity contribution in [2.45, 2.75) is 111 Å². The highest BCUT2D eigenvalue weighted by Crippen LogP contribution is 2.25. The van der Waals surface area contributed by atoms with Crippen LogP contribution < -0.4 is 0 Å². The van der Waals surface area contributed by atoms with Crippen LogP contribution in [-0.2, 0) is 19.1 Å². The molecule has 0 N–H and O–H groups in total. The van der Waals surface area contributed by atoms with Gasteiger partial charge in [0.15, 0.2) is 11.8 Å². The predicted octanol–water partition coefficient (Wildman–Crippen LogP) is 4.37. The Kier molecular flexibility index (Phi) is 9.32. The second kappa shape index (κ2) is 9.93. The third-order valence-electron chi connectivity index (χ3n) is 3.69. The minimum Gasteiger partial charge on any atom is -0.624 e. The zero-order chi connectivity index (χ0) is 20.6. The summed E-state index contributed by atoms with van der Waals surface area (Å²) in [5.41, 5.74) is -1.98. The Balaban J connectivity index is 5.02. The minimum atomic E-state index is -0.858. The van der Waals surface area contributed by atoms with Gasteiger partial charge in [-0.15, -0.1) is 0 Å². The van der Waals surface area contributed by atoms with Gasteiger partial charge < -0.3 is 14.7 Å². The summed E-state index contributed by atoms with van der Waals surface area (Å²) in [7, 11) is 0. The van der Waals surface area contributed by atoms with E-state index < -0.39 is 16.7 Å². The van der Waals surface area contributed by atoms with Crippen LogP contribution in [0.25, 0.3) is 0 Å². The molecule has 26 heavy (non-hydrogen) atoms. The number of rotatable bonds is 9. The molecule has 0 saturated heterocycles. The van der Waals surface area contributed by atoms with Crippen molar-refractivity contribution in [2.24, 2.45) is 0 Å². The number of esters is 2. The van der Waals surface area contributed by atoms with Crippen LogP contribution in [0.3, 0.4) is 0 Å². The fourth-order valence-corrected chi connectivity index (χ4v) is 2.34. The lowest BCUT2D eigenvalue weighted by molar-refractivity contribution is -0.545. The van der Waals surface area contributed by atoms with Crippen molar-refractivity contribution in [3.8, 4) is 0 Å². The first-order valence-electron chi connectivity index (χ1n) is 9.42. The molecule has 0 rings (SSSR count). The minimum absolute atomic E-state index is 0.126. The summed E-state index contributed by atoms with van der Waals surface area (Å²) in [6.45, 7) is 14.6. The van der Waals surface area contributed by atoms with Crippen LogP contribution in [0.4, 0.5) is 0 Å². The molecule has 0 fully saturated rings. The second-order valence-electron chi connectivity index (χ2n) is 8.97. The first kappa shape index (κ1) is 24.4. The number of unbranched alkanes of at least 4 members (excludes halogenated alkanes) is 1. The number of carbonyl (C=O) groups excluding carboxylic acids is 2. The van der Waals surface area contributed by atoms with Crippen LogP contribution >= 0.6 is 0 Å². The van der Waals surface area contributed by atoms with Crippen molar-refractivity contribution >= 4 is 18.2 Å². The maximum Gasteiger partial charge on any atom is 0.306 e. The Bertz CT molecular complexity index is 465. The molecule has 0 bridgehead atoms. The van der Waals surface area contributed by atoms with Gasteiger partial charge in [0.2, 0.25) is 0 Å². The first-order valence-corrected chi connectivity index (χ1v) is 9.42. The highest BCUT2D eigenvalue weighted by molar-refractivity contribution is 5.70. The van der Waals surface area contributed by atoms with E-state index in [-0.39, 0.29) is 24.8 Å². The Labute approximate surface area is 158 Å². The normalized spacial score (nSPS) is 13.5. The number of nitrogens with zero attached hydrogens (tertiary/aromatic N) is 1. The van der Waals surface area contributed by atoms with Gasteiger partial charge in [-0.05, 0) is 48.0 Å². The van der Waals surface area contributed by atoms with E-state index in [0.29, 0.717) is 19.3 Å². The van der Waals surface area contributed by atoms with E-state index in [1.807, 2.05) is 48.5 Å². The zero-order valence-corrected chi connectivity index (χ0v) is 17.8.